The monoisotopic (exact) mass is 413 g/mol. The minimum Gasteiger partial charge on any atom is -0.306 e. The van der Waals surface area contributed by atoms with E-state index in [2.05, 4.69) is 56.3 Å². The zero-order chi connectivity index (χ0) is 19.3. The normalized spacial score (nSPS) is 13.8. The van der Waals surface area contributed by atoms with Crippen LogP contribution >= 0.6 is 23.1 Å². The minimum absolute atomic E-state index is 0.0711. The van der Waals surface area contributed by atoms with Crippen LogP contribution < -0.4 is 5.32 Å². The van der Waals surface area contributed by atoms with Gasteiger partial charge >= 0.3 is 0 Å². The van der Waals surface area contributed by atoms with E-state index in [9.17, 15) is 4.79 Å². The lowest BCUT2D eigenvalue weighted by Crippen LogP contribution is -2.14. The van der Waals surface area contributed by atoms with Gasteiger partial charge in [0.15, 0.2) is 10.3 Å². The summed E-state index contributed by atoms with van der Waals surface area (Å²) in [4.78, 5) is 16.9. The number of hydrogen-bond donors (Lipinski definition) is 1. The average molecular weight is 414 g/mol. The van der Waals surface area contributed by atoms with Gasteiger partial charge in [0, 0.05) is 23.9 Å². The van der Waals surface area contributed by atoms with Crippen LogP contribution in [0.2, 0.25) is 0 Å². The first kappa shape index (κ1) is 19.1. The molecule has 1 aliphatic rings. The van der Waals surface area contributed by atoms with Crippen LogP contribution in [0.1, 0.15) is 37.6 Å². The van der Waals surface area contributed by atoms with Gasteiger partial charge in [-0.25, -0.2) is 4.98 Å². The van der Waals surface area contributed by atoms with E-state index < -0.39 is 0 Å². The number of amides is 1. The van der Waals surface area contributed by atoms with E-state index in [0.29, 0.717) is 10.9 Å². The van der Waals surface area contributed by atoms with Gasteiger partial charge in [0.1, 0.15) is 5.82 Å². The number of aromatic nitrogens is 4. The van der Waals surface area contributed by atoms with Gasteiger partial charge in [0.25, 0.3) is 0 Å². The first-order chi connectivity index (χ1) is 13.7. The van der Waals surface area contributed by atoms with Crippen LogP contribution in [0.3, 0.4) is 0 Å². The summed E-state index contributed by atoms with van der Waals surface area (Å²) in [6.45, 7) is 3.08. The van der Waals surface area contributed by atoms with Crippen molar-refractivity contribution < 1.29 is 4.79 Å². The number of anilines is 1. The van der Waals surface area contributed by atoms with Gasteiger partial charge in [0.05, 0.1) is 11.4 Å². The molecule has 0 aliphatic carbocycles. The third-order valence-corrected chi connectivity index (χ3v) is 6.54. The molecule has 1 aromatic carbocycles. The third-order valence-electron chi connectivity index (χ3n) is 4.82. The number of benzene rings is 1. The highest BCUT2D eigenvalue weighted by Crippen LogP contribution is 2.26. The standard InChI is InChI=1S/C20H23N5OS2/c1-2-14-7-9-15(10-8-14)16-12-27-19(21-16)22-18(26)13-28-20-24-23-17-6-4-3-5-11-25(17)20/h7-10,12H,2-6,11,13H2,1H3,(H,21,22,26). The smallest absolute Gasteiger partial charge is 0.236 e. The summed E-state index contributed by atoms with van der Waals surface area (Å²) in [7, 11) is 0. The van der Waals surface area contributed by atoms with E-state index in [1.54, 1.807) is 0 Å². The maximum absolute atomic E-state index is 12.4. The number of thiazole rings is 1. The molecule has 0 saturated carbocycles. The van der Waals surface area contributed by atoms with Gasteiger partial charge in [-0.2, -0.15) is 0 Å². The lowest BCUT2D eigenvalue weighted by molar-refractivity contribution is -0.113. The third kappa shape index (κ3) is 4.44. The molecule has 0 radical (unpaired) electrons. The molecule has 0 spiro atoms. The highest BCUT2D eigenvalue weighted by molar-refractivity contribution is 7.99. The van der Waals surface area contributed by atoms with Crippen molar-refractivity contribution >= 4 is 34.1 Å². The Morgan fingerprint density at radius 2 is 2.07 bits per heavy atom. The van der Waals surface area contributed by atoms with Gasteiger partial charge in [-0.05, 0) is 24.8 Å². The molecule has 3 aromatic rings. The van der Waals surface area contributed by atoms with Crippen molar-refractivity contribution in [3.05, 3.63) is 41.0 Å². The highest BCUT2D eigenvalue weighted by atomic mass is 32.2. The van der Waals surface area contributed by atoms with Crippen molar-refractivity contribution in [2.45, 2.75) is 50.7 Å². The number of nitrogens with zero attached hydrogens (tertiary/aromatic N) is 4. The van der Waals surface area contributed by atoms with Crippen LogP contribution in [-0.4, -0.2) is 31.4 Å². The lowest BCUT2D eigenvalue weighted by Gasteiger charge is -2.06. The summed E-state index contributed by atoms with van der Waals surface area (Å²) in [5.41, 5.74) is 3.25. The number of fused-ring (bicyclic) bond motifs is 1. The molecule has 2 aromatic heterocycles. The topological polar surface area (TPSA) is 72.7 Å². The molecule has 1 N–H and O–H groups in total. The van der Waals surface area contributed by atoms with Crippen LogP contribution in [0.15, 0.2) is 34.8 Å². The van der Waals surface area contributed by atoms with Gasteiger partial charge in [-0.3, -0.25) is 4.79 Å². The largest absolute Gasteiger partial charge is 0.306 e. The van der Waals surface area contributed by atoms with Crippen LogP contribution in [0.4, 0.5) is 5.13 Å². The summed E-state index contributed by atoms with van der Waals surface area (Å²) in [6, 6.07) is 8.38. The number of thioether (sulfide) groups is 1. The molecule has 0 atom stereocenters. The van der Waals surface area contributed by atoms with E-state index in [-0.39, 0.29) is 5.91 Å². The SMILES string of the molecule is CCc1ccc(-c2csc(NC(=O)CSc3nnc4n3CCCCC4)n2)cc1. The molecule has 4 rings (SSSR count). The van der Waals surface area contributed by atoms with Crippen molar-refractivity contribution in [3.8, 4) is 11.3 Å². The maximum atomic E-state index is 12.4. The highest BCUT2D eigenvalue weighted by Gasteiger charge is 2.16. The fraction of sp³-hybridized carbons (Fsp3) is 0.400. The summed E-state index contributed by atoms with van der Waals surface area (Å²) >= 11 is 2.89. The fourth-order valence-electron chi connectivity index (χ4n) is 3.23. The van der Waals surface area contributed by atoms with E-state index in [1.807, 2.05) is 5.38 Å². The Balaban J connectivity index is 1.34. The second-order valence-corrected chi connectivity index (χ2v) is 8.59. The van der Waals surface area contributed by atoms with Crippen LogP contribution in [0, 0.1) is 0 Å². The quantitative estimate of drug-likeness (QED) is 0.606. The molecule has 146 valence electrons. The van der Waals surface area contributed by atoms with Crippen molar-refractivity contribution in [1.82, 2.24) is 19.7 Å². The van der Waals surface area contributed by atoms with Crippen molar-refractivity contribution in [2.75, 3.05) is 11.1 Å². The van der Waals surface area contributed by atoms with Crippen molar-refractivity contribution in [1.29, 1.82) is 0 Å². The van der Waals surface area contributed by atoms with E-state index in [0.717, 1.165) is 54.5 Å². The summed E-state index contributed by atoms with van der Waals surface area (Å²) < 4.78 is 2.16. The molecule has 0 unspecified atom stereocenters. The second-order valence-electron chi connectivity index (χ2n) is 6.79. The van der Waals surface area contributed by atoms with Crippen LogP contribution in [0.25, 0.3) is 11.3 Å². The van der Waals surface area contributed by atoms with Gasteiger partial charge in [-0.1, -0.05) is 49.4 Å². The fourth-order valence-corrected chi connectivity index (χ4v) is 4.74. The summed E-state index contributed by atoms with van der Waals surface area (Å²) in [5.74, 6) is 1.27. The first-order valence-corrected chi connectivity index (χ1v) is 11.5. The number of carbonyl (C=O) groups excluding carboxylic acids is 1. The Morgan fingerprint density at radius 1 is 1.21 bits per heavy atom. The number of aryl methyl sites for hydroxylation is 2. The first-order valence-electron chi connectivity index (χ1n) is 9.62. The van der Waals surface area contributed by atoms with Gasteiger partial charge in [0.2, 0.25) is 5.91 Å². The minimum atomic E-state index is -0.0711. The number of carbonyl (C=O) groups is 1. The van der Waals surface area contributed by atoms with E-state index in [4.69, 9.17) is 0 Å². The van der Waals surface area contributed by atoms with E-state index >= 15 is 0 Å². The number of hydrogen-bond acceptors (Lipinski definition) is 6. The van der Waals surface area contributed by atoms with Crippen LogP contribution in [-0.2, 0) is 24.2 Å². The molecule has 0 saturated heterocycles. The Morgan fingerprint density at radius 3 is 2.89 bits per heavy atom. The Hall–Kier alpha value is -2.19. The Bertz CT molecular complexity index is 948. The Kier molecular flexibility index (Phi) is 6.07. The molecule has 6 nitrogen and oxygen atoms in total. The van der Waals surface area contributed by atoms with Gasteiger partial charge < -0.3 is 9.88 Å². The molecule has 28 heavy (non-hydrogen) atoms. The number of nitrogens with one attached hydrogen (secondary N) is 1. The molecule has 1 amide bonds. The molecule has 3 heterocycles. The predicted octanol–water partition coefficient (Wildman–Crippen LogP) is 4.42. The molecule has 0 fully saturated rings. The van der Waals surface area contributed by atoms with Crippen LogP contribution in [0.5, 0.6) is 0 Å². The average Bonchev–Trinajstić information content (AvgIpc) is 3.26. The molecule has 1 aliphatic heterocycles. The molecule has 8 heteroatoms. The maximum Gasteiger partial charge on any atom is 0.236 e. The zero-order valence-corrected chi connectivity index (χ0v) is 17.5. The second kappa shape index (κ2) is 8.87. The van der Waals surface area contributed by atoms with Crippen molar-refractivity contribution in [3.63, 3.8) is 0 Å². The Labute approximate surface area is 172 Å². The summed E-state index contributed by atoms with van der Waals surface area (Å²) in [6.07, 6.45) is 5.52. The van der Waals surface area contributed by atoms with Crippen molar-refractivity contribution in [2.24, 2.45) is 0 Å². The molecular formula is C20H23N5OS2. The molecular weight excluding hydrogens is 390 g/mol. The zero-order valence-electron chi connectivity index (χ0n) is 15.9. The number of rotatable bonds is 6. The van der Waals surface area contributed by atoms with Gasteiger partial charge in [-0.15, -0.1) is 21.5 Å². The summed E-state index contributed by atoms with van der Waals surface area (Å²) in [5, 5.41) is 14.9. The molecule has 0 bridgehead atoms. The van der Waals surface area contributed by atoms with E-state index in [1.165, 1.54) is 35.1 Å². The predicted molar refractivity (Wildman–Crippen MR) is 114 cm³/mol. The lowest BCUT2D eigenvalue weighted by atomic mass is 10.1.